The Balaban J connectivity index is 2.73. The average molecular weight is 242 g/mol. The lowest BCUT2D eigenvalue weighted by Crippen LogP contribution is -2.23. The molecule has 0 spiro atoms. The fourth-order valence-electron chi connectivity index (χ4n) is 1.39. The molecule has 0 atom stereocenters. The molecule has 1 aromatic carbocycles. The molecule has 0 bridgehead atoms. The Kier molecular flexibility index (Phi) is 4.29. The first kappa shape index (κ1) is 10.6. The van der Waals surface area contributed by atoms with Crippen molar-refractivity contribution in [2.45, 2.75) is 20.3 Å². The second-order valence-corrected chi connectivity index (χ2v) is 3.97. The summed E-state index contributed by atoms with van der Waals surface area (Å²) in [6.07, 6.45) is 1.20. The summed E-state index contributed by atoms with van der Waals surface area (Å²) in [4.78, 5) is 2.38. The van der Waals surface area contributed by atoms with Crippen LogP contribution in [0.15, 0.2) is 28.7 Å². The zero-order valence-electron chi connectivity index (χ0n) is 8.26. The molecule has 0 saturated carbocycles. The lowest BCUT2D eigenvalue weighted by atomic mass is 10.3. The Hall–Kier alpha value is -0.500. The van der Waals surface area contributed by atoms with Crippen molar-refractivity contribution in [3.8, 4) is 0 Å². The molecule has 0 aliphatic heterocycles. The highest BCUT2D eigenvalue weighted by Crippen LogP contribution is 2.18. The number of rotatable bonds is 4. The molecular weight excluding hydrogens is 226 g/mol. The Morgan fingerprint density at radius 3 is 2.23 bits per heavy atom. The van der Waals surface area contributed by atoms with Gasteiger partial charge < -0.3 is 4.90 Å². The second-order valence-electron chi connectivity index (χ2n) is 3.06. The summed E-state index contributed by atoms with van der Waals surface area (Å²) in [6.45, 7) is 6.62. The van der Waals surface area contributed by atoms with E-state index in [4.69, 9.17) is 0 Å². The number of nitrogens with zero attached hydrogens (tertiary/aromatic N) is 1. The third-order valence-electron chi connectivity index (χ3n) is 2.07. The van der Waals surface area contributed by atoms with Gasteiger partial charge in [-0.1, -0.05) is 22.9 Å². The Labute approximate surface area is 88.9 Å². The van der Waals surface area contributed by atoms with Crippen molar-refractivity contribution in [2.24, 2.45) is 0 Å². The number of benzene rings is 1. The van der Waals surface area contributed by atoms with Gasteiger partial charge in [0.25, 0.3) is 0 Å². The normalized spacial score (nSPS) is 10.1. The molecule has 0 N–H and O–H groups in total. The minimum Gasteiger partial charge on any atom is -0.372 e. The van der Waals surface area contributed by atoms with Crippen LogP contribution in [0.3, 0.4) is 0 Å². The molecule has 1 rings (SSSR count). The van der Waals surface area contributed by atoms with E-state index in [2.05, 4.69) is 58.9 Å². The summed E-state index contributed by atoms with van der Waals surface area (Å²) in [5.41, 5.74) is 1.31. The van der Waals surface area contributed by atoms with Gasteiger partial charge >= 0.3 is 0 Å². The number of halogens is 1. The molecule has 0 aliphatic rings. The van der Waals surface area contributed by atoms with Crippen LogP contribution in [0.2, 0.25) is 0 Å². The summed E-state index contributed by atoms with van der Waals surface area (Å²) in [5, 5.41) is 0. The van der Waals surface area contributed by atoms with Crippen molar-refractivity contribution in [3.63, 3.8) is 0 Å². The maximum atomic E-state index is 3.44. The number of hydrogen-bond donors (Lipinski definition) is 0. The Morgan fingerprint density at radius 2 is 1.77 bits per heavy atom. The minimum absolute atomic E-state index is 1.08. The molecule has 13 heavy (non-hydrogen) atoms. The van der Waals surface area contributed by atoms with Gasteiger partial charge in [0.05, 0.1) is 0 Å². The second kappa shape index (κ2) is 5.28. The molecule has 0 aromatic heterocycles. The zero-order valence-corrected chi connectivity index (χ0v) is 9.84. The SMILES string of the molecule is CCCN(CC)c1ccc(Br)cc1. The van der Waals surface area contributed by atoms with E-state index >= 15 is 0 Å². The first-order valence-corrected chi connectivity index (χ1v) is 5.57. The molecule has 2 heteroatoms. The third kappa shape index (κ3) is 3.03. The number of hydrogen-bond acceptors (Lipinski definition) is 1. The molecule has 0 radical (unpaired) electrons. The molecule has 0 unspecified atom stereocenters. The van der Waals surface area contributed by atoms with E-state index in [9.17, 15) is 0 Å². The molecule has 0 amide bonds. The highest BCUT2D eigenvalue weighted by atomic mass is 79.9. The van der Waals surface area contributed by atoms with E-state index < -0.39 is 0 Å². The highest BCUT2D eigenvalue weighted by Gasteiger charge is 2.01. The lowest BCUT2D eigenvalue weighted by molar-refractivity contribution is 0.792. The maximum Gasteiger partial charge on any atom is 0.0366 e. The molecule has 1 nitrogen and oxygen atoms in total. The summed E-state index contributed by atoms with van der Waals surface area (Å²) in [6, 6.07) is 8.49. The molecular formula is C11H16BrN. The smallest absolute Gasteiger partial charge is 0.0366 e. The Bertz CT molecular complexity index is 243. The molecule has 0 saturated heterocycles. The van der Waals surface area contributed by atoms with Gasteiger partial charge in [0.2, 0.25) is 0 Å². The van der Waals surface area contributed by atoms with Crippen LogP contribution in [-0.4, -0.2) is 13.1 Å². The summed E-state index contributed by atoms with van der Waals surface area (Å²) in [7, 11) is 0. The summed E-state index contributed by atoms with van der Waals surface area (Å²) >= 11 is 3.44. The molecule has 1 aromatic rings. The van der Waals surface area contributed by atoms with E-state index in [1.807, 2.05) is 0 Å². The first-order valence-electron chi connectivity index (χ1n) is 4.78. The molecule has 72 valence electrons. The van der Waals surface area contributed by atoms with Crippen LogP contribution in [0.1, 0.15) is 20.3 Å². The molecule has 0 fully saturated rings. The van der Waals surface area contributed by atoms with Gasteiger partial charge in [0, 0.05) is 23.2 Å². The van der Waals surface area contributed by atoms with E-state index in [1.165, 1.54) is 12.1 Å². The van der Waals surface area contributed by atoms with E-state index in [1.54, 1.807) is 0 Å². The van der Waals surface area contributed by atoms with Crippen molar-refractivity contribution in [1.82, 2.24) is 0 Å². The highest BCUT2D eigenvalue weighted by molar-refractivity contribution is 9.10. The van der Waals surface area contributed by atoms with Gasteiger partial charge in [0.15, 0.2) is 0 Å². The van der Waals surface area contributed by atoms with Crippen molar-refractivity contribution in [1.29, 1.82) is 0 Å². The standard InChI is InChI=1S/C11H16BrN/c1-3-9-13(4-2)11-7-5-10(12)6-8-11/h5-8H,3-4,9H2,1-2H3. The van der Waals surface area contributed by atoms with Crippen molar-refractivity contribution in [2.75, 3.05) is 18.0 Å². The Morgan fingerprint density at radius 1 is 1.15 bits per heavy atom. The van der Waals surface area contributed by atoms with Crippen LogP contribution in [0.25, 0.3) is 0 Å². The third-order valence-corrected chi connectivity index (χ3v) is 2.60. The summed E-state index contributed by atoms with van der Waals surface area (Å²) < 4.78 is 1.14. The fourth-order valence-corrected chi connectivity index (χ4v) is 1.66. The van der Waals surface area contributed by atoms with E-state index in [0.29, 0.717) is 0 Å². The maximum absolute atomic E-state index is 3.44. The predicted octanol–water partition coefficient (Wildman–Crippen LogP) is 3.69. The van der Waals surface area contributed by atoms with Gasteiger partial charge in [-0.05, 0) is 37.6 Å². The van der Waals surface area contributed by atoms with E-state index in [-0.39, 0.29) is 0 Å². The first-order chi connectivity index (χ1) is 6.27. The number of anilines is 1. The van der Waals surface area contributed by atoms with Crippen LogP contribution in [0, 0.1) is 0 Å². The van der Waals surface area contributed by atoms with Crippen LogP contribution >= 0.6 is 15.9 Å². The van der Waals surface area contributed by atoms with Crippen LogP contribution in [0.4, 0.5) is 5.69 Å². The largest absolute Gasteiger partial charge is 0.372 e. The van der Waals surface area contributed by atoms with Gasteiger partial charge in [-0.15, -0.1) is 0 Å². The quantitative estimate of drug-likeness (QED) is 0.778. The van der Waals surface area contributed by atoms with Crippen molar-refractivity contribution >= 4 is 21.6 Å². The minimum atomic E-state index is 1.08. The van der Waals surface area contributed by atoms with E-state index in [0.717, 1.165) is 17.6 Å². The topological polar surface area (TPSA) is 3.24 Å². The average Bonchev–Trinajstić information content (AvgIpc) is 2.16. The van der Waals surface area contributed by atoms with Crippen LogP contribution in [0.5, 0.6) is 0 Å². The van der Waals surface area contributed by atoms with Crippen molar-refractivity contribution in [3.05, 3.63) is 28.7 Å². The lowest BCUT2D eigenvalue weighted by Gasteiger charge is -2.22. The van der Waals surface area contributed by atoms with Crippen LogP contribution in [-0.2, 0) is 0 Å². The van der Waals surface area contributed by atoms with Gasteiger partial charge in [-0.3, -0.25) is 0 Å². The van der Waals surface area contributed by atoms with Crippen LogP contribution < -0.4 is 4.90 Å². The zero-order chi connectivity index (χ0) is 9.68. The van der Waals surface area contributed by atoms with Crippen molar-refractivity contribution < 1.29 is 0 Å². The predicted molar refractivity (Wildman–Crippen MR) is 62.3 cm³/mol. The molecule has 0 aliphatic carbocycles. The van der Waals surface area contributed by atoms with Gasteiger partial charge in [-0.25, -0.2) is 0 Å². The van der Waals surface area contributed by atoms with Gasteiger partial charge in [0.1, 0.15) is 0 Å². The monoisotopic (exact) mass is 241 g/mol. The van der Waals surface area contributed by atoms with Gasteiger partial charge in [-0.2, -0.15) is 0 Å². The molecule has 0 heterocycles. The summed E-state index contributed by atoms with van der Waals surface area (Å²) in [5.74, 6) is 0. The fraction of sp³-hybridized carbons (Fsp3) is 0.455.